The van der Waals surface area contributed by atoms with E-state index in [0.717, 1.165) is 0 Å². The van der Waals surface area contributed by atoms with E-state index >= 15 is 0 Å². The van der Waals surface area contributed by atoms with Gasteiger partial charge in [0.05, 0.1) is 19.3 Å². The van der Waals surface area contributed by atoms with Crippen molar-refractivity contribution in [2.45, 2.75) is 82.6 Å². The van der Waals surface area contributed by atoms with Crippen LogP contribution in [0.1, 0.15) is 34.6 Å². The van der Waals surface area contributed by atoms with E-state index in [2.05, 4.69) is 43.9 Å². The second-order valence-corrected chi connectivity index (χ2v) is 13.3. The summed E-state index contributed by atoms with van der Waals surface area (Å²) in [5.74, 6) is -2.46. The number of aliphatic hydroxyl groups is 1. The van der Waals surface area contributed by atoms with Crippen LogP contribution in [-0.2, 0) is 18.6 Å². The standard InChI is InChI=1S/C15H29N3O5Si/c1-13(2,3)24(6,7)20-9-15(19)12-11(22-14(4,5)23-12)10(21-15)8-17-18-16/h10-12,19H,8-9H2,1-7H3/t10-,11-,12-,15-/m1/s1. The van der Waals surface area contributed by atoms with Crippen LogP contribution in [0.5, 0.6) is 0 Å². The number of fused-ring (bicyclic) bond motifs is 1. The Labute approximate surface area is 144 Å². The number of hydrogen-bond donors (Lipinski definition) is 1. The van der Waals surface area contributed by atoms with Gasteiger partial charge in [0, 0.05) is 4.91 Å². The SMILES string of the molecule is CC1(C)O[C@H]2[C@@H](O1)[C@@](O)(CO[Si](C)(C)C(C)(C)C)O[C@@H]2CN=[N+]=[N-]. The molecule has 8 nitrogen and oxygen atoms in total. The molecule has 9 heteroatoms. The summed E-state index contributed by atoms with van der Waals surface area (Å²) in [4.78, 5) is 2.76. The lowest BCUT2D eigenvalue weighted by Crippen LogP contribution is -2.51. The van der Waals surface area contributed by atoms with Crippen LogP contribution in [0.2, 0.25) is 18.1 Å². The summed E-state index contributed by atoms with van der Waals surface area (Å²) < 4.78 is 23.6. The third-order valence-corrected chi connectivity index (χ3v) is 9.54. The molecule has 2 aliphatic heterocycles. The molecule has 0 unspecified atom stereocenters. The highest BCUT2D eigenvalue weighted by Crippen LogP contribution is 2.44. The Kier molecular flexibility index (Phi) is 5.11. The van der Waals surface area contributed by atoms with Crippen LogP contribution in [0.4, 0.5) is 0 Å². The number of azide groups is 1. The van der Waals surface area contributed by atoms with Gasteiger partial charge in [-0.3, -0.25) is 0 Å². The van der Waals surface area contributed by atoms with Crippen molar-refractivity contribution in [1.82, 2.24) is 0 Å². The Morgan fingerprint density at radius 1 is 1.25 bits per heavy atom. The number of rotatable bonds is 5. The van der Waals surface area contributed by atoms with Crippen molar-refractivity contribution in [2.24, 2.45) is 5.11 Å². The van der Waals surface area contributed by atoms with E-state index in [1.54, 1.807) is 13.8 Å². The van der Waals surface area contributed by atoms with Crippen LogP contribution >= 0.6 is 0 Å². The normalized spacial score (nSPS) is 35.6. The van der Waals surface area contributed by atoms with Crippen LogP contribution in [0, 0.1) is 0 Å². The first-order valence-electron chi connectivity index (χ1n) is 8.22. The highest BCUT2D eigenvalue weighted by Gasteiger charge is 2.62. The second kappa shape index (κ2) is 6.24. The Hall–Kier alpha value is -0.673. The monoisotopic (exact) mass is 359 g/mol. The summed E-state index contributed by atoms with van der Waals surface area (Å²) in [6.45, 7) is 14.2. The number of ether oxygens (including phenoxy) is 3. The predicted molar refractivity (Wildman–Crippen MR) is 90.8 cm³/mol. The zero-order valence-electron chi connectivity index (χ0n) is 15.6. The molecule has 2 heterocycles. The molecule has 0 radical (unpaired) electrons. The maximum atomic E-state index is 11.0. The maximum absolute atomic E-state index is 11.0. The summed E-state index contributed by atoms with van der Waals surface area (Å²) in [6, 6.07) is 0. The highest BCUT2D eigenvalue weighted by atomic mass is 28.4. The van der Waals surface area contributed by atoms with Crippen molar-refractivity contribution in [3.63, 3.8) is 0 Å². The van der Waals surface area contributed by atoms with Crippen molar-refractivity contribution < 1.29 is 23.7 Å². The molecule has 0 amide bonds. The molecule has 1 N–H and O–H groups in total. The molecular weight excluding hydrogens is 330 g/mol. The predicted octanol–water partition coefficient (Wildman–Crippen LogP) is 2.93. The fourth-order valence-corrected chi connectivity index (χ4v) is 3.68. The van der Waals surface area contributed by atoms with Gasteiger partial charge < -0.3 is 23.7 Å². The summed E-state index contributed by atoms with van der Waals surface area (Å²) >= 11 is 0. The van der Waals surface area contributed by atoms with E-state index in [-0.39, 0.29) is 18.2 Å². The van der Waals surface area contributed by atoms with Gasteiger partial charge >= 0.3 is 0 Å². The molecule has 0 aliphatic carbocycles. The third kappa shape index (κ3) is 3.77. The van der Waals surface area contributed by atoms with Crippen molar-refractivity contribution in [3.8, 4) is 0 Å². The molecule has 2 fully saturated rings. The van der Waals surface area contributed by atoms with E-state index in [4.69, 9.17) is 24.2 Å². The minimum atomic E-state index is -2.06. The van der Waals surface area contributed by atoms with E-state index in [0.29, 0.717) is 0 Å². The first-order chi connectivity index (χ1) is 10.8. The fourth-order valence-electron chi connectivity index (χ4n) is 2.68. The van der Waals surface area contributed by atoms with E-state index in [9.17, 15) is 5.11 Å². The molecule has 0 aromatic heterocycles. The summed E-state index contributed by atoms with van der Waals surface area (Å²) in [6.07, 6.45) is -1.75. The van der Waals surface area contributed by atoms with E-state index in [1.807, 2.05) is 0 Å². The van der Waals surface area contributed by atoms with Gasteiger partial charge in [0.25, 0.3) is 0 Å². The first kappa shape index (κ1) is 19.6. The van der Waals surface area contributed by atoms with Gasteiger partial charge in [-0.2, -0.15) is 0 Å². The molecule has 2 saturated heterocycles. The zero-order valence-corrected chi connectivity index (χ0v) is 16.6. The molecule has 0 aromatic rings. The largest absolute Gasteiger partial charge is 0.411 e. The lowest BCUT2D eigenvalue weighted by molar-refractivity contribution is -0.281. The Bertz CT molecular complexity index is 530. The molecule has 0 bridgehead atoms. The van der Waals surface area contributed by atoms with Gasteiger partial charge in [-0.05, 0) is 37.5 Å². The smallest absolute Gasteiger partial charge is 0.218 e. The summed E-state index contributed by atoms with van der Waals surface area (Å²) in [7, 11) is -2.06. The van der Waals surface area contributed by atoms with Crippen LogP contribution in [0.15, 0.2) is 5.11 Å². The van der Waals surface area contributed by atoms with E-state index < -0.39 is 38.2 Å². The van der Waals surface area contributed by atoms with Crippen LogP contribution in [-0.4, -0.2) is 56.5 Å². The lowest BCUT2D eigenvalue weighted by Gasteiger charge is -2.39. The van der Waals surface area contributed by atoms with E-state index in [1.165, 1.54) is 0 Å². The Morgan fingerprint density at radius 3 is 2.42 bits per heavy atom. The van der Waals surface area contributed by atoms with Crippen molar-refractivity contribution in [2.75, 3.05) is 13.2 Å². The van der Waals surface area contributed by atoms with Crippen LogP contribution < -0.4 is 0 Å². The molecule has 2 aliphatic rings. The second-order valence-electron chi connectivity index (χ2n) is 8.48. The average Bonchev–Trinajstić information content (AvgIpc) is 2.87. The summed E-state index contributed by atoms with van der Waals surface area (Å²) in [5, 5.41) is 14.6. The maximum Gasteiger partial charge on any atom is 0.218 e. The summed E-state index contributed by atoms with van der Waals surface area (Å²) in [5.41, 5.74) is 8.55. The molecule has 4 atom stereocenters. The highest BCUT2D eigenvalue weighted by molar-refractivity contribution is 6.74. The average molecular weight is 359 g/mol. The van der Waals surface area contributed by atoms with Crippen LogP contribution in [0.3, 0.4) is 0 Å². The van der Waals surface area contributed by atoms with Gasteiger partial charge in [0.1, 0.15) is 12.2 Å². The number of nitrogens with zero attached hydrogens (tertiary/aromatic N) is 3. The minimum Gasteiger partial charge on any atom is -0.411 e. The van der Waals surface area contributed by atoms with Gasteiger partial charge in [-0.1, -0.05) is 25.9 Å². The Balaban J connectivity index is 2.17. The first-order valence-corrected chi connectivity index (χ1v) is 11.1. The Morgan fingerprint density at radius 2 is 1.88 bits per heavy atom. The fraction of sp³-hybridized carbons (Fsp3) is 1.00. The molecule has 138 valence electrons. The zero-order chi connectivity index (χ0) is 18.4. The third-order valence-electron chi connectivity index (χ3n) is 5.07. The van der Waals surface area contributed by atoms with Crippen molar-refractivity contribution in [1.29, 1.82) is 0 Å². The molecule has 0 saturated carbocycles. The topological polar surface area (TPSA) is 106 Å². The van der Waals surface area contributed by atoms with Gasteiger partial charge in [-0.25, -0.2) is 0 Å². The van der Waals surface area contributed by atoms with Crippen molar-refractivity contribution in [3.05, 3.63) is 10.4 Å². The molecule has 0 spiro atoms. The number of hydrogen-bond acceptors (Lipinski definition) is 6. The van der Waals surface area contributed by atoms with Gasteiger partial charge in [-0.15, -0.1) is 0 Å². The van der Waals surface area contributed by atoms with Crippen LogP contribution in [0.25, 0.3) is 10.4 Å². The molecule has 0 aromatic carbocycles. The van der Waals surface area contributed by atoms with Gasteiger partial charge in [0.15, 0.2) is 14.1 Å². The van der Waals surface area contributed by atoms with Crippen molar-refractivity contribution >= 4 is 8.32 Å². The molecule has 24 heavy (non-hydrogen) atoms. The quantitative estimate of drug-likeness (QED) is 0.351. The molecular formula is C15H29N3O5Si. The molecule has 2 rings (SSSR count). The lowest BCUT2D eigenvalue weighted by atomic mass is 10.1. The minimum absolute atomic E-state index is 0.00311. The van der Waals surface area contributed by atoms with Gasteiger partial charge in [0.2, 0.25) is 5.79 Å².